The predicted octanol–water partition coefficient (Wildman–Crippen LogP) is 4.26. The van der Waals surface area contributed by atoms with Crippen molar-refractivity contribution in [2.45, 2.75) is 26.8 Å². The Labute approximate surface area is 159 Å². The van der Waals surface area contributed by atoms with Crippen molar-refractivity contribution >= 4 is 16.7 Å². The van der Waals surface area contributed by atoms with Crippen LogP contribution in [0.2, 0.25) is 0 Å². The van der Waals surface area contributed by atoms with Gasteiger partial charge in [-0.3, -0.25) is 4.79 Å². The summed E-state index contributed by atoms with van der Waals surface area (Å²) >= 11 is 0. The molecule has 1 aromatic heterocycles. The number of hydrogen-bond acceptors (Lipinski definition) is 4. The Morgan fingerprint density at radius 3 is 2.48 bits per heavy atom. The first kappa shape index (κ1) is 18.9. The van der Waals surface area contributed by atoms with Gasteiger partial charge in [0.05, 0.1) is 0 Å². The van der Waals surface area contributed by atoms with Crippen molar-refractivity contribution in [3.63, 3.8) is 0 Å². The van der Waals surface area contributed by atoms with Crippen LogP contribution in [0.5, 0.6) is 11.6 Å². The van der Waals surface area contributed by atoms with Gasteiger partial charge < -0.3 is 15.8 Å². The Morgan fingerprint density at radius 2 is 1.81 bits per heavy atom. The van der Waals surface area contributed by atoms with Crippen molar-refractivity contribution in [1.82, 2.24) is 10.3 Å². The maximum absolute atomic E-state index is 11.2. The van der Waals surface area contributed by atoms with Crippen LogP contribution in [0.1, 0.15) is 36.2 Å². The van der Waals surface area contributed by atoms with Crippen molar-refractivity contribution in [2.24, 2.45) is 11.7 Å². The van der Waals surface area contributed by atoms with E-state index >= 15 is 0 Å². The topological polar surface area (TPSA) is 77.2 Å². The molecular formula is C22H25N3O2. The highest BCUT2D eigenvalue weighted by atomic mass is 16.5. The molecular weight excluding hydrogens is 338 g/mol. The Balaban J connectivity index is 1.80. The molecule has 3 N–H and O–H groups in total. The molecule has 1 heterocycles. The summed E-state index contributed by atoms with van der Waals surface area (Å²) < 4.78 is 5.95. The summed E-state index contributed by atoms with van der Waals surface area (Å²) in [6, 6.07) is 14.8. The third-order valence-electron chi connectivity index (χ3n) is 4.41. The molecule has 0 atom stereocenters. The van der Waals surface area contributed by atoms with E-state index in [1.807, 2.05) is 24.4 Å². The molecule has 0 aliphatic heterocycles. The van der Waals surface area contributed by atoms with E-state index in [1.165, 1.54) is 0 Å². The van der Waals surface area contributed by atoms with E-state index in [1.54, 1.807) is 24.3 Å². The number of nitrogens with zero attached hydrogens (tertiary/aromatic N) is 1. The Bertz CT molecular complexity index is 920. The first-order chi connectivity index (χ1) is 13.0. The van der Waals surface area contributed by atoms with Crippen molar-refractivity contribution in [3.05, 3.63) is 65.9 Å². The van der Waals surface area contributed by atoms with Gasteiger partial charge >= 0.3 is 0 Å². The number of aromatic nitrogens is 1. The second kappa shape index (κ2) is 8.64. The summed E-state index contributed by atoms with van der Waals surface area (Å²) in [6.45, 7) is 6.20. The number of amides is 1. The summed E-state index contributed by atoms with van der Waals surface area (Å²) in [5, 5.41) is 5.56. The van der Waals surface area contributed by atoms with E-state index in [2.05, 4.69) is 30.2 Å². The standard InChI is InChI=1S/C22H25N3O2/c1-15(2)11-12-24-13-17-14-25-22(20-6-4-3-5-19(17)20)27-18-9-7-16(8-10-18)21(23)26/h3-10,14-15,24H,11-13H2,1-2H3,(H2,23,26). The maximum Gasteiger partial charge on any atom is 0.248 e. The van der Waals surface area contributed by atoms with Crippen LogP contribution in [0.3, 0.4) is 0 Å². The fourth-order valence-electron chi connectivity index (χ4n) is 2.86. The lowest BCUT2D eigenvalue weighted by molar-refractivity contribution is 0.100. The summed E-state index contributed by atoms with van der Waals surface area (Å²) in [4.78, 5) is 15.7. The number of primary amides is 1. The van der Waals surface area contributed by atoms with Crippen LogP contribution in [-0.4, -0.2) is 17.4 Å². The third kappa shape index (κ3) is 4.83. The van der Waals surface area contributed by atoms with E-state index in [-0.39, 0.29) is 0 Å². The number of rotatable bonds is 8. The molecule has 0 aliphatic carbocycles. The number of benzene rings is 2. The van der Waals surface area contributed by atoms with Gasteiger partial charge in [-0.05, 0) is 60.2 Å². The van der Waals surface area contributed by atoms with Gasteiger partial charge in [0.1, 0.15) is 5.75 Å². The van der Waals surface area contributed by atoms with Gasteiger partial charge in [-0.25, -0.2) is 4.98 Å². The smallest absolute Gasteiger partial charge is 0.248 e. The van der Waals surface area contributed by atoms with Crippen molar-refractivity contribution in [3.8, 4) is 11.6 Å². The normalized spacial score (nSPS) is 11.1. The van der Waals surface area contributed by atoms with Crippen LogP contribution in [0.4, 0.5) is 0 Å². The van der Waals surface area contributed by atoms with Gasteiger partial charge in [-0.15, -0.1) is 0 Å². The van der Waals surface area contributed by atoms with Crippen LogP contribution < -0.4 is 15.8 Å². The van der Waals surface area contributed by atoms with E-state index in [9.17, 15) is 4.79 Å². The molecule has 0 saturated heterocycles. The molecule has 3 rings (SSSR count). The SMILES string of the molecule is CC(C)CCNCc1cnc(Oc2ccc(C(N)=O)cc2)c2ccccc12. The summed E-state index contributed by atoms with van der Waals surface area (Å²) in [7, 11) is 0. The molecule has 0 fully saturated rings. The third-order valence-corrected chi connectivity index (χ3v) is 4.41. The maximum atomic E-state index is 11.2. The van der Waals surface area contributed by atoms with E-state index < -0.39 is 5.91 Å². The quantitative estimate of drug-likeness (QED) is 0.586. The average Bonchev–Trinajstić information content (AvgIpc) is 2.67. The highest BCUT2D eigenvalue weighted by molar-refractivity contribution is 5.93. The van der Waals surface area contributed by atoms with Crippen molar-refractivity contribution < 1.29 is 9.53 Å². The van der Waals surface area contributed by atoms with Crippen LogP contribution >= 0.6 is 0 Å². The van der Waals surface area contributed by atoms with Gasteiger partial charge in [-0.1, -0.05) is 32.0 Å². The monoisotopic (exact) mass is 363 g/mol. The van der Waals surface area contributed by atoms with Gasteiger partial charge in [0.2, 0.25) is 11.8 Å². The summed E-state index contributed by atoms with van der Waals surface area (Å²) in [6.07, 6.45) is 3.01. The lowest BCUT2D eigenvalue weighted by Gasteiger charge is -2.12. The number of carbonyl (C=O) groups excluding carboxylic acids is 1. The van der Waals surface area contributed by atoms with E-state index in [0.29, 0.717) is 23.1 Å². The summed E-state index contributed by atoms with van der Waals surface area (Å²) in [5.41, 5.74) is 6.87. The molecule has 1 amide bonds. The highest BCUT2D eigenvalue weighted by Gasteiger charge is 2.10. The highest BCUT2D eigenvalue weighted by Crippen LogP contribution is 2.30. The molecule has 27 heavy (non-hydrogen) atoms. The van der Waals surface area contributed by atoms with Crippen molar-refractivity contribution in [2.75, 3.05) is 6.54 Å². The first-order valence-corrected chi connectivity index (χ1v) is 9.19. The fourth-order valence-corrected chi connectivity index (χ4v) is 2.86. The average molecular weight is 363 g/mol. The minimum atomic E-state index is -0.459. The molecule has 0 unspecified atom stereocenters. The number of pyridine rings is 1. The largest absolute Gasteiger partial charge is 0.438 e. The number of hydrogen-bond donors (Lipinski definition) is 2. The first-order valence-electron chi connectivity index (χ1n) is 9.19. The molecule has 0 bridgehead atoms. The van der Waals surface area contributed by atoms with E-state index in [4.69, 9.17) is 10.5 Å². The molecule has 5 heteroatoms. The number of carbonyl (C=O) groups is 1. The minimum Gasteiger partial charge on any atom is -0.438 e. The molecule has 0 spiro atoms. The van der Waals surface area contributed by atoms with Gasteiger partial charge in [-0.2, -0.15) is 0 Å². The Hall–Kier alpha value is -2.92. The van der Waals surface area contributed by atoms with Crippen LogP contribution in [-0.2, 0) is 6.54 Å². The van der Waals surface area contributed by atoms with Gasteiger partial charge in [0.25, 0.3) is 0 Å². The van der Waals surface area contributed by atoms with Gasteiger partial charge in [0.15, 0.2) is 0 Å². The second-order valence-electron chi connectivity index (χ2n) is 6.98. The number of nitrogens with one attached hydrogen (secondary N) is 1. The zero-order valence-electron chi connectivity index (χ0n) is 15.7. The lowest BCUT2D eigenvalue weighted by Crippen LogP contribution is -2.16. The van der Waals surface area contributed by atoms with Crippen molar-refractivity contribution in [1.29, 1.82) is 0 Å². The number of fused-ring (bicyclic) bond motifs is 1. The van der Waals surface area contributed by atoms with Crippen LogP contribution in [0.15, 0.2) is 54.7 Å². The Morgan fingerprint density at radius 1 is 1.11 bits per heavy atom. The number of nitrogens with two attached hydrogens (primary N) is 1. The Kier molecular flexibility index (Phi) is 6.04. The van der Waals surface area contributed by atoms with Gasteiger partial charge in [0, 0.05) is 23.7 Å². The lowest BCUT2D eigenvalue weighted by atomic mass is 10.1. The second-order valence-corrected chi connectivity index (χ2v) is 6.98. The molecule has 0 saturated carbocycles. The van der Waals surface area contributed by atoms with Crippen LogP contribution in [0.25, 0.3) is 10.8 Å². The zero-order valence-corrected chi connectivity index (χ0v) is 15.7. The molecule has 0 aliphatic rings. The fraction of sp³-hybridized carbons (Fsp3) is 0.273. The molecule has 140 valence electrons. The van der Waals surface area contributed by atoms with E-state index in [0.717, 1.165) is 35.8 Å². The molecule has 5 nitrogen and oxygen atoms in total. The molecule has 2 aromatic carbocycles. The molecule has 3 aromatic rings. The molecule has 0 radical (unpaired) electrons. The summed E-state index contributed by atoms with van der Waals surface area (Å²) in [5.74, 6) is 1.38. The zero-order chi connectivity index (χ0) is 19.2. The minimum absolute atomic E-state index is 0.447. The predicted molar refractivity (Wildman–Crippen MR) is 108 cm³/mol. The number of ether oxygens (including phenoxy) is 1. The van der Waals surface area contributed by atoms with Crippen LogP contribution in [0, 0.1) is 5.92 Å².